The topological polar surface area (TPSA) is 98.7 Å². The average molecular weight is 535 g/mol. The largest absolute Gasteiger partial charge is 0.381 e. The Morgan fingerprint density at radius 1 is 1.11 bits per heavy atom. The van der Waals surface area contributed by atoms with Gasteiger partial charge in [-0.3, -0.25) is 4.79 Å². The summed E-state index contributed by atoms with van der Waals surface area (Å²) in [7, 11) is 0. The quantitative estimate of drug-likeness (QED) is 0.359. The summed E-state index contributed by atoms with van der Waals surface area (Å²) >= 11 is 6.41. The molecule has 2 fully saturated rings. The van der Waals surface area contributed by atoms with Crippen molar-refractivity contribution in [2.75, 3.05) is 26.3 Å². The number of carbonyl (C=O) groups excluding carboxylic acids is 1. The first-order valence-corrected chi connectivity index (χ1v) is 13.6. The number of fused-ring (bicyclic) bond motifs is 1. The van der Waals surface area contributed by atoms with Gasteiger partial charge >= 0.3 is 0 Å². The molecule has 1 aromatic carbocycles. The number of hydrogen-bond donors (Lipinski definition) is 0. The highest BCUT2D eigenvalue weighted by molar-refractivity contribution is 6.31. The van der Waals surface area contributed by atoms with E-state index in [1.165, 1.54) is 0 Å². The van der Waals surface area contributed by atoms with Gasteiger partial charge in [-0.1, -0.05) is 35.0 Å². The summed E-state index contributed by atoms with van der Waals surface area (Å²) in [5.41, 5.74) is 5.00. The molecule has 0 bridgehead atoms. The molecule has 6 rings (SSSR count). The van der Waals surface area contributed by atoms with Crippen molar-refractivity contribution in [1.29, 1.82) is 0 Å². The van der Waals surface area contributed by atoms with E-state index >= 15 is 0 Å². The zero-order chi connectivity index (χ0) is 26.2. The summed E-state index contributed by atoms with van der Waals surface area (Å²) in [5.74, 6) is 1.62. The van der Waals surface area contributed by atoms with Crippen LogP contribution in [0.15, 0.2) is 35.0 Å². The average Bonchev–Trinajstić information content (AvgIpc) is 3.60. The second-order valence-corrected chi connectivity index (χ2v) is 10.7. The van der Waals surface area contributed by atoms with Crippen LogP contribution in [0.2, 0.25) is 5.02 Å². The number of aromatic nitrogens is 5. The van der Waals surface area contributed by atoms with Gasteiger partial charge in [0.25, 0.3) is 5.91 Å². The molecule has 2 aliphatic heterocycles. The second-order valence-electron chi connectivity index (χ2n) is 10.3. The smallest absolute Gasteiger partial charge is 0.259 e. The first-order chi connectivity index (χ1) is 18.5. The lowest BCUT2D eigenvalue weighted by Crippen LogP contribution is -2.39. The highest BCUT2D eigenvalue weighted by Gasteiger charge is 2.32. The van der Waals surface area contributed by atoms with E-state index in [1.807, 2.05) is 43.0 Å². The Hall–Kier alpha value is -3.30. The fourth-order valence-electron chi connectivity index (χ4n) is 5.62. The van der Waals surface area contributed by atoms with Gasteiger partial charge in [-0.15, -0.1) is 0 Å². The molecule has 5 heterocycles. The Morgan fingerprint density at radius 2 is 1.92 bits per heavy atom. The molecule has 38 heavy (non-hydrogen) atoms. The van der Waals surface area contributed by atoms with Gasteiger partial charge in [0.05, 0.1) is 12.1 Å². The van der Waals surface area contributed by atoms with Gasteiger partial charge in [0.1, 0.15) is 5.56 Å². The Kier molecular flexibility index (Phi) is 6.88. The number of aryl methyl sites for hydroxylation is 2. The Labute approximate surface area is 226 Å². The van der Waals surface area contributed by atoms with Gasteiger partial charge in [-0.25, -0.2) is 9.50 Å². The molecule has 3 aromatic heterocycles. The number of halogens is 1. The van der Waals surface area contributed by atoms with Crippen molar-refractivity contribution in [3.8, 4) is 0 Å². The molecule has 1 amide bonds. The van der Waals surface area contributed by atoms with Crippen LogP contribution >= 0.6 is 11.6 Å². The highest BCUT2D eigenvalue weighted by atomic mass is 35.5. The number of nitrogens with zero attached hydrogens (tertiary/aromatic N) is 6. The molecule has 0 radical (unpaired) electrons. The van der Waals surface area contributed by atoms with Crippen LogP contribution in [0.1, 0.15) is 82.1 Å². The lowest BCUT2D eigenvalue weighted by atomic mass is 9.97. The molecule has 0 N–H and O–H groups in total. The molecule has 9 nitrogen and oxygen atoms in total. The first-order valence-electron chi connectivity index (χ1n) is 13.3. The zero-order valence-corrected chi connectivity index (χ0v) is 22.4. The number of piperidine rings is 1. The van der Waals surface area contributed by atoms with Crippen LogP contribution in [0.3, 0.4) is 0 Å². The third-order valence-electron chi connectivity index (χ3n) is 7.87. The zero-order valence-electron chi connectivity index (χ0n) is 21.7. The van der Waals surface area contributed by atoms with Crippen molar-refractivity contribution in [2.45, 2.75) is 57.8 Å². The van der Waals surface area contributed by atoms with Crippen LogP contribution in [0.5, 0.6) is 0 Å². The summed E-state index contributed by atoms with van der Waals surface area (Å²) < 4.78 is 12.9. The Morgan fingerprint density at radius 3 is 2.74 bits per heavy atom. The molecule has 0 saturated carbocycles. The van der Waals surface area contributed by atoms with Crippen molar-refractivity contribution in [3.05, 3.63) is 75.3 Å². The summed E-state index contributed by atoms with van der Waals surface area (Å²) in [6, 6.07) is 7.82. The molecule has 2 saturated heterocycles. The molecule has 0 spiro atoms. The van der Waals surface area contributed by atoms with E-state index in [2.05, 4.69) is 10.3 Å². The van der Waals surface area contributed by atoms with Crippen LogP contribution in [-0.2, 0) is 11.2 Å². The lowest BCUT2D eigenvalue weighted by molar-refractivity contribution is 0.0697. The van der Waals surface area contributed by atoms with E-state index in [4.69, 9.17) is 30.8 Å². The third-order valence-corrected chi connectivity index (χ3v) is 8.23. The van der Waals surface area contributed by atoms with Gasteiger partial charge in [-0.05, 0) is 56.7 Å². The number of ether oxygens (including phenoxy) is 1. The number of hydrogen-bond acceptors (Lipinski definition) is 7. The lowest BCUT2D eigenvalue weighted by Gasteiger charge is -2.30. The van der Waals surface area contributed by atoms with Crippen LogP contribution in [0, 0.1) is 13.8 Å². The normalized spacial score (nSPS) is 18.8. The standard InChI is InChI=1S/C28H31ClN6O3/c1-17-22(14-20-6-3-4-8-24(20)29)18(2)35-26(31-17)23(15-30-35)28(36)34-11-5-7-21(16-34)27-32-25(33-38-27)19-9-12-37-13-10-19/h3-4,6,8,15,19,21H,5,7,9-14,16H2,1-2H3. The summed E-state index contributed by atoms with van der Waals surface area (Å²) in [6.45, 7) is 6.66. The van der Waals surface area contributed by atoms with E-state index < -0.39 is 0 Å². The van der Waals surface area contributed by atoms with Crippen molar-refractivity contribution >= 4 is 23.2 Å². The molecule has 4 aromatic rings. The molecule has 10 heteroatoms. The SMILES string of the molecule is Cc1nc2c(C(=O)N3CCCC(c4nc(C5CCOCC5)no4)C3)cnn2c(C)c1Cc1ccccc1Cl. The van der Waals surface area contributed by atoms with E-state index in [0.29, 0.717) is 36.6 Å². The van der Waals surface area contributed by atoms with Gasteiger partial charge in [0, 0.05) is 55.1 Å². The van der Waals surface area contributed by atoms with Crippen LogP contribution in [0.25, 0.3) is 5.65 Å². The van der Waals surface area contributed by atoms with Crippen molar-refractivity contribution in [1.82, 2.24) is 29.6 Å². The fourth-order valence-corrected chi connectivity index (χ4v) is 5.82. The maximum absolute atomic E-state index is 13.7. The fraction of sp³-hybridized carbons (Fsp3) is 0.464. The van der Waals surface area contributed by atoms with Gasteiger partial charge < -0.3 is 14.2 Å². The van der Waals surface area contributed by atoms with Crippen LogP contribution < -0.4 is 0 Å². The van der Waals surface area contributed by atoms with E-state index in [9.17, 15) is 4.79 Å². The van der Waals surface area contributed by atoms with Gasteiger partial charge in [0.2, 0.25) is 5.89 Å². The summed E-state index contributed by atoms with van der Waals surface area (Å²) in [4.78, 5) is 25.1. The number of benzene rings is 1. The van der Waals surface area contributed by atoms with Gasteiger partial charge in [0.15, 0.2) is 11.5 Å². The maximum Gasteiger partial charge on any atom is 0.259 e. The molecule has 1 atom stereocenters. The second kappa shape index (κ2) is 10.5. The van der Waals surface area contributed by atoms with Crippen molar-refractivity contribution in [2.24, 2.45) is 0 Å². The number of amides is 1. The van der Waals surface area contributed by atoms with E-state index in [0.717, 1.165) is 72.3 Å². The van der Waals surface area contributed by atoms with E-state index in [1.54, 1.807) is 10.7 Å². The maximum atomic E-state index is 13.7. The molecular formula is C28H31ClN6O3. The van der Waals surface area contributed by atoms with Crippen molar-refractivity contribution in [3.63, 3.8) is 0 Å². The predicted octanol–water partition coefficient (Wildman–Crippen LogP) is 4.89. The number of likely N-dealkylation sites (tertiary alicyclic amines) is 1. The minimum Gasteiger partial charge on any atom is -0.381 e. The molecule has 198 valence electrons. The number of rotatable bonds is 5. The monoisotopic (exact) mass is 534 g/mol. The van der Waals surface area contributed by atoms with Gasteiger partial charge in [-0.2, -0.15) is 10.1 Å². The minimum atomic E-state index is -0.0704. The Balaban J connectivity index is 1.22. The van der Waals surface area contributed by atoms with Crippen LogP contribution in [0.4, 0.5) is 0 Å². The molecular weight excluding hydrogens is 504 g/mol. The highest BCUT2D eigenvalue weighted by Crippen LogP contribution is 2.31. The Bertz CT molecular complexity index is 1470. The molecule has 2 aliphatic rings. The predicted molar refractivity (Wildman–Crippen MR) is 142 cm³/mol. The summed E-state index contributed by atoms with van der Waals surface area (Å²) in [6.07, 6.45) is 5.89. The van der Waals surface area contributed by atoms with E-state index in [-0.39, 0.29) is 17.7 Å². The number of carbonyl (C=O) groups is 1. The van der Waals surface area contributed by atoms with Crippen molar-refractivity contribution < 1.29 is 14.1 Å². The minimum absolute atomic E-state index is 0.0225. The van der Waals surface area contributed by atoms with Crippen LogP contribution in [-0.4, -0.2) is 61.8 Å². The first kappa shape index (κ1) is 25.0. The summed E-state index contributed by atoms with van der Waals surface area (Å²) in [5, 5.41) is 9.54. The molecule has 0 aliphatic carbocycles. The third kappa shape index (κ3) is 4.69. The molecule has 1 unspecified atom stereocenters.